The number of allylic oxidation sites excluding steroid dienone is 2. The van der Waals surface area contributed by atoms with Gasteiger partial charge in [-0.05, 0) is 37.2 Å². The standard InChI is InChI=1S/C24H27NO5/c26-21(18-12-10-17(11-13-18)16-6-2-1-3-7-16)15-30-22(27)14-25-23(28)19-8-4-5-9-20(19)24(25)29/h4-5,10-13,16,19-20H,1-3,6-9,14-15H2/t19-,20+. The van der Waals surface area contributed by atoms with Crippen LogP contribution in [0.5, 0.6) is 0 Å². The topological polar surface area (TPSA) is 80.8 Å². The zero-order valence-corrected chi connectivity index (χ0v) is 17.0. The molecule has 2 atom stereocenters. The van der Waals surface area contributed by atoms with Gasteiger partial charge in [0.15, 0.2) is 12.4 Å². The van der Waals surface area contributed by atoms with Crippen molar-refractivity contribution in [2.45, 2.75) is 50.9 Å². The van der Waals surface area contributed by atoms with Crippen LogP contribution in [0.2, 0.25) is 0 Å². The largest absolute Gasteiger partial charge is 0.456 e. The van der Waals surface area contributed by atoms with Gasteiger partial charge in [0, 0.05) is 5.56 Å². The van der Waals surface area contributed by atoms with E-state index in [1.165, 1.54) is 37.7 Å². The van der Waals surface area contributed by atoms with Crippen LogP contribution in [-0.2, 0) is 19.1 Å². The van der Waals surface area contributed by atoms with E-state index in [1.54, 1.807) is 12.1 Å². The number of nitrogens with zero attached hydrogens (tertiary/aromatic N) is 1. The van der Waals surface area contributed by atoms with Crippen molar-refractivity contribution >= 4 is 23.6 Å². The van der Waals surface area contributed by atoms with Crippen LogP contribution in [0.25, 0.3) is 0 Å². The minimum Gasteiger partial charge on any atom is -0.456 e. The van der Waals surface area contributed by atoms with Gasteiger partial charge in [-0.15, -0.1) is 0 Å². The molecule has 1 saturated carbocycles. The minimum atomic E-state index is -0.740. The summed E-state index contributed by atoms with van der Waals surface area (Å²) in [6.07, 6.45) is 11.0. The molecule has 6 heteroatoms. The lowest BCUT2D eigenvalue weighted by molar-refractivity contribution is -0.152. The van der Waals surface area contributed by atoms with Crippen molar-refractivity contribution in [2.75, 3.05) is 13.2 Å². The van der Waals surface area contributed by atoms with Crippen LogP contribution >= 0.6 is 0 Å². The third-order valence-corrected chi connectivity index (χ3v) is 6.56. The van der Waals surface area contributed by atoms with Crippen LogP contribution in [0.4, 0.5) is 0 Å². The Morgan fingerprint density at radius 1 is 0.900 bits per heavy atom. The van der Waals surface area contributed by atoms with E-state index in [2.05, 4.69) is 0 Å². The summed E-state index contributed by atoms with van der Waals surface area (Å²) in [7, 11) is 0. The number of carbonyl (C=O) groups excluding carboxylic acids is 4. The number of hydrogen-bond donors (Lipinski definition) is 0. The summed E-state index contributed by atoms with van der Waals surface area (Å²) in [5, 5.41) is 0. The Balaban J connectivity index is 1.28. The number of hydrogen-bond acceptors (Lipinski definition) is 5. The third kappa shape index (κ3) is 4.23. The Morgan fingerprint density at radius 2 is 1.50 bits per heavy atom. The van der Waals surface area contributed by atoms with E-state index in [0.29, 0.717) is 24.3 Å². The van der Waals surface area contributed by atoms with Gasteiger partial charge in [0.1, 0.15) is 6.54 Å². The molecule has 0 radical (unpaired) electrons. The Hall–Kier alpha value is -2.76. The van der Waals surface area contributed by atoms with Gasteiger partial charge in [0.05, 0.1) is 11.8 Å². The summed E-state index contributed by atoms with van der Waals surface area (Å²) in [5.74, 6) is -1.87. The highest BCUT2D eigenvalue weighted by atomic mass is 16.5. The van der Waals surface area contributed by atoms with E-state index in [0.717, 1.165) is 4.90 Å². The number of imide groups is 1. The molecule has 0 N–H and O–H groups in total. The smallest absolute Gasteiger partial charge is 0.326 e. The van der Waals surface area contributed by atoms with Crippen molar-refractivity contribution in [1.82, 2.24) is 4.90 Å². The van der Waals surface area contributed by atoms with Crippen molar-refractivity contribution in [3.63, 3.8) is 0 Å². The summed E-state index contributed by atoms with van der Waals surface area (Å²) < 4.78 is 5.07. The molecule has 0 spiro atoms. The zero-order chi connectivity index (χ0) is 21.1. The van der Waals surface area contributed by atoms with Gasteiger partial charge in [-0.1, -0.05) is 55.7 Å². The summed E-state index contributed by atoms with van der Waals surface area (Å²) in [6, 6.07) is 7.54. The van der Waals surface area contributed by atoms with Crippen molar-refractivity contribution in [2.24, 2.45) is 11.8 Å². The molecule has 1 aromatic carbocycles. The van der Waals surface area contributed by atoms with Crippen LogP contribution in [0.15, 0.2) is 36.4 Å². The number of benzene rings is 1. The molecule has 6 nitrogen and oxygen atoms in total. The quantitative estimate of drug-likeness (QED) is 0.311. The van der Waals surface area contributed by atoms with E-state index in [9.17, 15) is 19.2 Å². The van der Waals surface area contributed by atoms with Gasteiger partial charge in [-0.3, -0.25) is 24.1 Å². The highest BCUT2D eigenvalue weighted by Crippen LogP contribution is 2.35. The average molecular weight is 409 g/mol. The lowest BCUT2D eigenvalue weighted by Gasteiger charge is -2.22. The highest BCUT2D eigenvalue weighted by Gasteiger charge is 2.47. The summed E-state index contributed by atoms with van der Waals surface area (Å²) in [6.45, 7) is -0.829. The highest BCUT2D eigenvalue weighted by molar-refractivity contribution is 6.07. The second kappa shape index (κ2) is 8.94. The van der Waals surface area contributed by atoms with Gasteiger partial charge in [-0.2, -0.15) is 0 Å². The molecule has 2 fully saturated rings. The molecule has 0 aromatic heterocycles. The number of Topliss-reactive ketones (excluding diaryl/α,β-unsaturated/α-hetero) is 1. The number of fused-ring (bicyclic) bond motifs is 1. The van der Waals surface area contributed by atoms with Crippen molar-refractivity contribution in [1.29, 1.82) is 0 Å². The molecular weight excluding hydrogens is 382 g/mol. The monoisotopic (exact) mass is 409 g/mol. The number of ether oxygens (including phenoxy) is 1. The molecule has 1 heterocycles. The predicted molar refractivity (Wildman–Crippen MR) is 110 cm³/mol. The Bertz CT molecular complexity index is 840. The van der Waals surface area contributed by atoms with E-state index in [-0.39, 0.29) is 29.4 Å². The first-order valence-electron chi connectivity index (χ1n) is 10.8. The van der Waals surface area contributed by atoms with Crippen molar-refractivity contribution < 1.29 is 23.9 Å². The fourth-order valence-corrected chi connectivity index (χ4v) is 4.81. The van der Waals surface area contributed by atoms with Gasteiger partial charge in [-0.25, -0.2) is 0 Å². The number of rotatable bonds is 6. The fourth-order valence-electron chi connectivity index (χ4n) is 4.81. The van der Waals surface area contributed by atoms with Crippen LogP contribution in [0.3, 0.4) is 0 Å². The van der Waals surface area contributed by atoms with Gasteiger partial charge >= 0.3 is 5.97 Å². The van der Waals surface area contributed by atoms with Crippen molar-refractivity contribution in [3.05, 3.63) is 47.5 Å². The third-order valence-electron chi connectivity index (χ3n) is 6.56. The SMILES string of the molecule is O=C(CN1C(=O)[C@H]2CC=CC[C@H]2C1=O)OCC(=O)c1ccc(C2CCCCC2)cc1. The number of carbonyl (C=O) groups is 4. The lowest BCUT2D eigenvalue weighted by atomic mass is 9.84. The van der Waals surface area contributed by atoms with Gasteiger partial charge < -0.3 is 4.74 Å². The molecule has 0 unspecified atom stereocenters. The molecule has 2 aliphatic carbocycles. The molecule has 1 aromatic rings. The average Bonchev–Trinajstić information content (AvgIpc) is 3.03. The van der Waals surface area contributed by atoms with Crippen LogP contribution in [0, 0.1) is 11.8 Å². The van der Waals surface area contributed by atoms with E-state index < -0.39 is 19.1 Å². The van der Waals surface area contributed by atoms with Crippen LogP contribution in [0.1, 0.15) is 66.8 Å². The number of likely N-dealkylation sites (tertiary alicyclic amines) is 1. The minimum absolute atomic E-state index is 0.296. The van der Waals surface area contributed by atoms with E-state index in [4.69, 9.17) is 4.74 Å². The maximum absolute atomic E-state index is 12.4. The lowest BCUT2D eigenvalue weighted by Crippen LogP contribution is -2.37. The molecule has 0 bridgehead atoms. The van der Waals surface area contributed by atoms with E-state index in [1.807, 2.05) is 24.3 Å². The maximum atomic E-state index is 12.4. The summed E-state index contributed by atoms with van der Waals surface area (Å²) in [5.41, 5.74) is 1.75. The number of ketones is 1. The number of amides is 2. The normalized spacial score (nSPS) is 24.1. The second-order valence-corrected chi connectivity index (χ2v) is 8.46. The predicted octanol–water partition coefficient (Wildman–Crippen LogP) is 3.41. The Kier molecular flexibility index (Phi) is 6.11. The molecule has 4 rings (SSSR count). The van der Waals surface area contributed by atoms with Crippen LogP contribution < -0.4 is 0 Å². The first kappa shape index (κ1) is 20.5. The van der Waals surface area contributed by atoms with Gasteiger partial charge in [0.2, 0.25) is 11.8 Å². The Morgan fingerprint density at radius 3 is 2.10 bits per heavy atom. The van der Waals surface area contributed by atoms with E-state index >= 15 is 0 Å². The van der Waals surface area contributed by atoms with Gasteiger partial charge in [0.25, 0.3) is 0 Å². The maximum Gasteiger partial charge on any atom is 0.326 e. The molecule has 158 valence electrons. The molecular formula is C24H27NO5. The fraction of sp³-hybridized carbons (Fsp3) is 0.500. The molecule has 1 aliphatic heterocycles. The zero-order valence-electron chi connectivity index (χ0n) is 17.0. The summed E-state index contributed by atoms with van der Waals surface area (Å²) in [4.78, 5) is 50.3. The second-order valence-electron chi connectivity index (χ2n) is 8.46. The first-order valence-corrected chi connectivity index (χ1v) is 10.8. The molecule has 30 heavy (non-hydrogen) atoms. The van der Waals surface area contributed by atoms with Crippen LogP contribution in [-0.4, -0.2) is 41.6 Å². The molecule has 1 saturated heterocycles. The van der Waals surface area contributed by atoms with Crippen molar-refractivity contribution in [3.8, 4) is 0 Å². The Labute approximate surface area is 176 Å². The summed E-state index contributed by atoms with van der Waals surface area (Å²) >= 11 is 0. The molecule has 3 aliphatic rings. The first-order chi connectivity index (χ1) is 14.5. The molecule has 2 amide bonds. The number of esters is 1.